The Morgan fingerprint density at radius 3 is 2.50 bits per heavy atom. The minimum absolute atomic E-state index is 0.178. The Labute approximate surface area is 135 Å². The second-order valence-corrected chi connectivity index (χ2v) is 6.51. The largest absolute Gasteiger partial charge is 0.379 e. The SMILES string of the molecule is CC(C)OCCC(C)OCC(C)(C)OCCc1ccccn1. The van der Waals surface area contributed by atoms with E-state index < -0.39 is 0 Å². The van der Waals surface area contributed by atoms with Gasteiger partial charge in [0, 0.05) is 24.9 Å². The molecule has 0 amide bonds. The van der Waals surface area contributed by atoms with E-state index in [0.717, 1.165) is 25.1 Å². The maximum absolute atomic E-state index is 5.93. The van der Waals surface area contributed by atoms with E-state index in [4.69, 9.17) is 14.2 Å². The summed E-state index contributed by atoms with van der Waals surface area (Å²) in [5.74, 6) is 0. The molecule has 4 nitrogen and oxygen atoms in total. The Hall–Kier alpha value is -0.970. The third-order valence-corrected chi connectivity index (χ3v) is 3.27. The predicted octanol–water partition coefficient (Wildman–Crippen LogP) is 3.64. The molecular formula is C18H31NO3. The molecule has 0 aromatic carbocycles. The summed E-state index contributed by atoms with van der Waals surface area (Å²) in [4.78, 5) is 4.30. The average Bonchev–Trinajstić information content (AvgIpc) is 2.46. The molecule has 0 fully saturated rings. The average molecular weight is 309 g/mol. The van der Waals surface area contributed by atoms with Crippen LogP contribution in [0.4, 0.5) is 0 Å². The van der Waals surface area contributed by atoms with Crippen LogP contribution in [0.25, 0.3) is 0 Å². The van der Waals surface area contributed by atoms with Crippen LogP contribution in [-0.2, 0) is 20.6 Å². The molecule has 0 N–H and O–H groups in total. The summed E-state index contributed by atoms with van der Waals surface area (Å²) in [7, 11) is 0. The summed E-state index contributed by atoms with van der Waals surface area (Å²) in [5, 5.41) is 0. The molecule has 1 aromatic rings. The molecule has 0 aliphatic carbocycles. The Kier molecular flexibility index (Phi) is 8.61. The van der Waals surface area contributed by atoms with Crippen molar-refractivity contribution in [2.75, 3.05) is 19.8 Å². The molecule has 0 bridgehead atoms. The molecule has 1 unspecified atom stereocenters. The van der Waals surface area contributed by atoms with Gasteiger partial charge in [0.2, 0.25) is 0 Å². The Bertz CT molecular complexity index is 393. The van der Waals surface area contributed by atoms with Crippen molar-refractivity contribution in [1.29, 1.82) is 0 Å². The van der Waals surface area contributed by atoms with Crippen molar-refractivity contribution < 1.29 is 14.2 Å². The van der Waals surface area contributed by atoms with Gasteiger partial charge in [-0.3, -0.25) is 4.98 Å². The zero-order valence-electron chi connectivity index (χ0n) is 14.7. The molecule has 22 heavy (non-hydrogen) atoms. The van der Waals surface area contributed by atoms with Crippen LogP contribution >= 0.6 is 0 Å². The highest BCUT2D eigenvalue weighted by Gasteiger charge is 2.20. The van der Waals surface area contributed by atoms with Gasteiger partial charge in [-0.25, -0.2) is 0 Å². The highest BCUT2D eigenvalue weighted by atomic mass is 16.5. The van der Waals surface area contributed by atoms with Crippen molar-refractivity contribution in [2.24, 2.45) is 0 Å². The van der Waals surface area contributed by atoms with E-state index >= 15 is 0 Å². The molecule has 1 atom stereocenters. The molecule has 0 spiro atoms. The molecule has 1 heterocycles. The first-order valence-electron chi connectivity index (χ1n) is 8.16. The van der Waals surface area contributed by atoms with Crippen LogP contribution in [0.2, 0.25) is 0 Å². The van der Waals surface area contributed by atoms with Gasteiger partial charge in [-0.05, 0) is 53.2 Å². The summed E-state index contributed by atoms with van der Waals surface area (Å²) in [6.07, 6.45) is 3.99. The van der Waals surface area contributed by atoms with Crippen molar-refractivity contribution in [3.8, 4) is 0 Å². The summed E-state index contributed by atoms with van der Waals surface area (Å²) >= 11 is 0. The number of aromatic nitrogens is 1. The van der Waals surface area contributed by atoms with Crippen molar-refractivity contribution in [3.05, 3.63) is 30.1 Å². The van der Waals surface area contributed by atoms with Gasteiger partial charge in [-0.15, -0.1) is 0 Å². The Balaban J connectivity index is 2.17. The number of pyridine rings is 1. The van der Waals surface area contributed by atoms with E-state index in [1.807, 2.05) is 38.2 Å². The van der Waals surface area contributed by atoms with E-state index in [1.165, 1.54) is 0 Å². The Morgan fingerprint density at radius 1 is 1.09 bits per heavy atom. The van der Waals surface area contributed by atoms with Gasteiger partial charge >= 0.3 is 0 Å². The van der Waals surface area contributed by atoms with Crippen LogP contribution in [-0.4, -0.2) is 42.6 Å². The molecular weight excluding hydrogens is 278 g/mol. The molecule has 1 rings (SSSR count). The van der Waals surface area contributed by atoms with Crippen LogP contribution in [0.3, 0.4) is 0 Å². The maximum atomic E-state index is 5.93. The van der Waals surface area contributed by atoms with Crippen molar-refractivity contribution in [3.63, 3.8) is 0 Å². The molecule has 1 aromatic heterocycles. The predicted molar refractivity (Wildman–Crippen MR) is 89.1 cm³/mol. The minimum Gasteiger partial charge on any atom is -0.379 e. The van der Waals surface area contributed by atoms with Gasteiger partial charge in [0.1, 0.15) is 0 Å². The second-order valence-electron chi connectivity index (χ2n) is 6.51. The molecule has 0 saturated carbocycles. The van der Waals surface area contributed by atoms with Crippen LogP contribution < -0.4 is 0 Å². The van der Waals surface area contributed by atoms with E-state index in [0.29, 0.717) is 13.2 Å². The van der Waals surface area contributed by atoms with Crippen molar-refractivity contribution in [1.82, 2.24) is 4.98 Å². The van der Waals surface area contributed by atoms with E-state index in [1.54, 1.807) is 0 Å². The fourth-order valence-electron chi connectivity index (χ4n) is 1.92. The second kappa shape index (κ2) is 9.93. The molecule has 0 aliphatic rings. The lowest BCUT2D eigenvalue weighted by atomic mass is 10.1. The summed E-state index contributed by atoms with van der Waals surface area (Å²) < 4.78 is 17.3. The van der Waals surface area contributed by atoms with Gasteiger partial charge in [0.25, 0.3) is 0 Å². The molecule has 126 valence electrons. The van der Waals surface area contributed by atoms with E-state index in [-0.39, 0.29) is 17.8 Å². The third-order valence-electron chi connectivity index (χ3n) is 3.27. The fraction of sp³-hybridized carbons (Fsp3) is 0.722. The van der Waals surface area contributed by atoms with Gasteiger partial charge in [0.05, 0.1) is 31.0 Å². The molecule has 0 radical (unpaired) electrons. The fourth-order valence-corrected chi connectivity index (χ4v) is 1.92. The first kappa shape index (κ1) is 19.1. The lowest BCUT2D eigenvalue weighted by molar-refractivity contribution is -0.0952. The monoisotopic (exact) mass is 309 g/mol. The Morgan fingerprint density at radius 2 is 1.86 bits per heavy atom. The highest BCUT2D eigenvalue weighted by Crippen LogP contribution is 2.13. The van der Waals surface area contributed by atoms with Gasteiger partial charge < -0.3 is 14.2 Å². The highest BCUT2D eigenvalue weighted by molar-refractivity contribution is 5.03. The van der Waals surface area contributed by atoms with E-state index in [2.05, 4.69) is 25.8 Å². The normalized spacial score (nSPS) is 13.5. The standard InChI is InChI=1S/C18H31NO3/c1-15(2)20-12-9-16(3)21-14-18(4,5)22-13-10-17-8-6-7-11-19-17/h6-8,11,15-16H,9-10,12-14H2,1-5H3. The first-order chi connectivity index (χ1) is 10.4. The minimum atomic E-state index is -0.290. The zero-order chi connectivity index (χ0) is 16.4. The third kappa shape index (κ3) is 9.13. The molecule has 0 saturated heterocycles. The smallest absolute Gasteiger partial charge is 0.0859 e. The summed E-state index contributed by atoms with van der Waals surface area (Å²) in [6.45, 7) is 12.3. The van der Waals surface area contributed by atoms with Crippen LogP contribution in [0.1, 0.15) is 46.7 Å². The number of hydrogen-bond donors (Lipinski definition) is 0. The quantitative estimate of drug-likeness (QED) is 0.626. The van der Waals surface area contributed by atoms with Gasteiger partial charge in [0.15, 0.2) is 0 Å². The zero-order valence-corrected chi connectivity index (χ0v) is 14.7. The lowest BCUT2D eigenvalue weighted by Gasteiger charge is -2.27. The van der Waals surface area contributed by atoms with Crippen LogP contribution in [0, 0.1) is 0 Å². The number of nitrogens with zero attached hydrogens (tertiary/aromatic N) is 1. The molecule has 0 aliphatic heterocycles. The summed E-state index contributed by atoms with van der Waals surface area (Å²) in [6, 6.07) is 5.94. The van der Waals surface area contributed by atoms with Crippen LogP contribution in [0.5, 0.6) is 0 Å². The van der Waals surface area contributed by atoms with Gasteiger partial charge in [-0.2, -0.15) is 0 Å². The summed E-state index contributed by atoms with van der Waals surface area (Å²) in [5.41, 5.74) is 0.764. The van der Waals surface area contributed by atoms with Crippen molar-refractivity contribution >= 4 is 0 Å². The van der Waals surface area contributed by atoms with Gasteiger partial charge in [-0.1, -0.05) is 6.07 Å². The van der Waals surface area contributed by atoms with E-state index in [9.17, 15) is 0 Å². The van der Waals surface area contributed by atoms with Crippen molar-refractivity contribution in [2.45, 2.75) is 65.3 Å². The molecule has 4 heteroatoms. The first-order valence-corrected chi connectivity index (χ1v) is 8.16. The lowest BCUT2D eigenvalue weighted by Crippen LogP contribution is -2.33. The number of rotatable bonds is 11. The number of hydrogen-bond acceptors (Lipinski definition) is 4. The topological polar surface area (TPSA) is 40.6 Å². The number of ether oxygens (including phenoxy) is 3. The van der Waals surface area contributed by atoms with Crippen LogP contribution in [0.15, 0.2) is 24.4 Å². The maximum Gasteiger partial charge on any atom is 0.0859 e.